The topological polar surface area (TPSA) is 80.3 Å². The summed E-state index contributed by atoms with van der Waals surface area (Å²) in [4.78, 5) is 0. The maximum Gasteiger partial charge on any atom is 0.534 e. The van der Waals surface area contributed by atoms with Gasteiger partial charge in [-0.25, -0.2) is 0 Å². The van der Waals surface area contributed by atoms with Gasteiger partial charge in [-0.05, 0) is 61.3 Å². The standard InChI is InChI=1S/C24H33F3O7S/c1-17(14-32-15-18-7-9-19(31-4)10-8-18)20-11-13-23(33-16-30-3)21(6-5-12-22(20,23)2)34-35(28,29)24(25,26)27/h6-10,17,20H,5,11-16H2,1-4H3/t17-,20-,22-,23+/m1/s1. The molecule has 2 aliphatic rings. The molecule has 0 radical (unpaired) electrons. The summed E-state index contributed by atoms with van der Waals surface area (Å²) in [7, 11) is -2.84. The predicted molar refractivity (Wildman–Crippen MR) is 122 cm³/mol. The first-order chi connectivity index (χ1) is 16.4. The molecule has 11 heteroatoms. The van der Waals surface area contributed by atoms with E-state index in [0.717, 1.165) is 11.3 Å². The van der Waals surface area contributed by atoms with Crippen molar-refractivity contribution in [2.24, 2.45) is 17.3 Å². The maximum atomic E-state index is 13.1. The van der Waals surface area contributed by atoms with Crippen molar-refractivity contribution in [3.63, 3.8) is 0 Å². The molecule has 0 unspecified atom stereocenters. The number of ether oxygens (including phenoxy) is 4. The summed E-state index contributed by atoms with van der Waals surface area (Å²) in [5.74, 6) is 0.472. The monoisotopic (exact) mass is 522 g/mol. The van der Waals surface area contributed by atoms with Crippen molar-refractivity contribution in [1.29, 1.82) is 0 Å². The third-order valence-electron chi connectivity index (χ3n) is 7.34. The van der Waals surface area contributed by atoms with Gasteiger partial charge in [-0.2, -0.15) is 21.6 Å². The van der Waals surface area contributed by atoms with E-state index in [4.69, 9.17) is 23.1 Å². The van der Waals surface area contributed by atoms with Crippen molar-refractivity contribution in [2.45, 2.75) is 57.2 Å². The molecule has 0 aromatic heterocycles. The van der Waals surface area contributed by atoms with Crippen molar-refractivity contribution >= 4 is 10.1 Å². The highest BCUT2D eigenvalue weighted by molar-refractivity contribution is 7.87. The summed E-state index contributed by atoms with van der Waals surface area (Å²) in [6.07, 6.45) is 3.28. The molecule has 35 heavy (non-hydrogen) atoms. The molecule has 0 bridgehead atoms. The van der Waals surface area contributed by atoms with E-state index in [9.17, 15) is 21.6 Å². The highest BCUT2D eigenvalue weighted by atomic mass is 32.2. The lowest BCUT2D eigenvalue weighted by molar-refractivity contribution is -0.182. The summed E-state index contributed by atoms with van der Waals surface area (Å²) in [5.41, 5.74) is -6.58. The molecule has 1 aromatic rings. The summed E-state index contributed by atoms with van der Waals surface area (Å²) in [5, 5.41) is 0. The Morgan fingerprint density at radius 3 is 2.43 bits per heavy atom. The number of hydrogen-bond donors (Lipinski definition) is 0. The lowest BCUT2D eigenvalue weighted by atomic mass is 9.62. The Morgan fingerprint density at radius 1 is 1.14 bits per heavy atom. The molecular weight excluding hydrogens is 489 g/mol. The molecule has 3 rings (SSSR count). The third kappa shape index (κ3) is 5.47. The van der Waals surface area contributed by atoms with Gasteiger partial charge in [0.2, 0.25) is 0 Å². The molecule has 4 atom stereocenters. The van der Waals surface area contributed by atoms with E-state index < -0.39 is 26.6 Å². The molecule has 1 fully saturated rings. The minimum absolute atomic E-state index is 0.00360. The van der Waals surface area contributed by atoms with Gasteiger partial charge in [-0.1, -0.05) is 26.0 Å². The van der Waals surface area contributed by atoms with Crippen LogP contribution in [0.1, 0.15) is 45.1 Å². The van der Waals surface area contributed by atoms with E-state index in [1.54, 1.807) is 7.11 Å². The maximum absolute atomic E-state index is 13.1. The Balaban J connectivity index is 1.77. The number of methoxy groups -OCH3 is 2. The number of allylic oxidation sites excluding steroid dienone is 1. The number of hydrogen-bond acceptors (Lipinski definition) is 7. The molecule has 198 valence electrons. The van der Waals surface area contributed by atoms with Crippen LogP contribution >= 0.6 is 0 Å². The Labute approximate surface area is 204 Å². The van der Waals surface area contributed by atoms with E-state index in [2.05, 4.69) is 0 Å². The van der Waals surface area contributed by atoms with Gasteiger partial charge >= 0.3 is 15.6 Å². The number of fused-ring (bicyclic) bond motifs is 1. The fourth-order valence-electron chi connectivity index (χ4n) is 5.57. The number of rotatable bonds is 11. The minimum atomic E-state index is -5.84. The van der Waals surface area contributed by atoms with Crippen molar-refractivity contribution in [2.75, 3.05) is 27.6 Å². The Bertz CT molecular complexity index is 993. The largest absolute Gasteiger partial charge is 0.534 e. The number of alkyl halides is 3. The van der Waals surface area contributed by atoms with Crippen LogP contribution in [0, 0.1) is 17.3 Å². The highest BCUT2D eigenvalue weighted by Crippen LogP contribution is 2.62. The zero-order valence-electron chi connectivity index (χ0n) is 20.4. The van der Waals surface area contributed by atoms with Crippen LogP contribution in [-0.4, -0.2) is 47.1 Å². The minimum Gasteiger partial charge on any atom is -0.497 e. The van der Waals surface area contributed by atoms with Crippen LogP contribution in [0.4, 0.5) is 13.2 Å². The lowest BCUT2D eigenvalue weighted by Crippen LogP contribution is -2.53. The molecule has 2 aliphatic carbocycles. The smallest absolute Gasteiger partial charge is 0.497 e. The molecule has 1 saturated carbocycles. The highest BCUT2D eigenvalue weighted by Gasteiger charge is 2.64. The molecule has 0 amide bonds. The van der Waals surface area contributed by atoms with Gasteiger partial charge in [-0.3, -0.25) is 0 Å². The van der Waals surface area contributed by atoms with Crippen LogP contribution in [0.25, 0.3) is 0 Å². The second-order valence-electron chi connectivity index (χ2n) is 9.37. The van der Waals surface area contributed by atoms with E-state index >= 15 is 0 Å². The Hall–Kier alpha value is -1.82. The van der Waals surface area contributed by atoms with Crippen LogP contribution in [0.3, 0.4) is 0 Å². The average Bonchev–Trinajstić information content (AvgIpc) is 3.11. The van der Waals surface area contributed by atoms with Crippen LogP contribution in [-0.2, 0) is 35.1 Å². The fourth-order valence-corrected chi connectivity index (χ4v) is 6.10. The number of halogens is 3. The molecule has 0 saturated heterocycles. The van der Waals surface area contributed by atoms with Gasteiger partial charge in [-0.15, -0.1) is 0 Å². The zero-order chi connectivity index (χ0) is 25.9. The van der Waals surface area contributed by atoms with Crippen molar-refractivity contribution in [3.05, 3.63) is 41.7 Å². The lowest BCUT2D eigenvalue weighted by Gasteiger charge is -2.49. The first kappa shape index (κ1) is 27.8. The number of benzene rings is 1. The summed E-state index contributed by atoms with van der Waals surface area (Å²) < 4.78 is 89.9. The molecule has 7 nitrogen and oxygen atoms in total. The Kier molecular flexibility index (Phi) is 8.45. The Morgan fingerprint density at radius 2 is 1.83 bits per heavy atom. The summed E-state index contributed by atoms with van der Waals surface area (Å²) in [6.45, 7) is 4.57. The SMILES string of the molecule is COCO[C@]12CC[C@H]([C@H](C)COCc3ccc(OC)cc3)[C@@]1(C)CCC=C2OS(=O)(=O)C(F)(F)F. The predicted octanol–water partition coefficient (Wildman–Crippen LogP) is 5.17. The van der Waals surface area contributed by atoms with Gasteiger partial charge in [0.1, 0.15) is 23.9 Å². The second-order valence-corrected chi connectivity index (χ2v) is 10.9. The van der Waals surface area contributed by atoms with Crippen LogP contribution in [0.2, 0.25) is 0 Å². The van der Waals surface area contributed by atoms with Crippen molar-refractivity contribution < 1.29 is 44.7 Å². The molecule has 0 aliphatic heterocycles. The fraction of sp³-hybridized carbons (Fsp3) is 0.667. The third-order valence-corrected chi connectivity index (χ3v) is 8.31. The van der Waals surface area contributed by atoms with Crippen molar-refractivity contribution in [3.8, 4) is 5.75 Å². The molecule has 0 spiro atoms. The first-order valence-electron chi connectivity index (χ1n) is 11.4. The van der Waals surface area contributed by atoms with Crippen LogP contribution in [0.15, 0.2) is 36.1 Å². The molecule has 0 N–H and O–H groups in total. The summed E-state index contributed by atoms with van der Waals surface area (Å²) >= 11 is 0. The van der Waals surface area contributed by atoms with Gasteiger partial charge in [0, 0.05) is 19.1 Å². The van der Waals surface area contributed by atoms with Crippen LogP contribution in [0.5, 0.6) is 5.75 Å². The van der Waals surface area contributed by atoms with Crippen molar-refractivity contribution in [1.82, 2.24) is 0 Å². The molecular formula is C24H33F3O7S. The van der Waals surface area contributed by atoms with Gasteiger partial charge in [0.25, 0.3) is 0 Å². The summed E-state index contributed by atoms with van der Waals surface area (Å²) in [6, 6.07) is 7.54. The second kappa shape index (κ2) is 10.7. The van der Waals surface area contributed by atoms with Crippen LogP contribution < -0.4 is 4.74 Å². The molecule has 1 aromatic carbocycles. The van der Waals surface area contributed by atoms with E-state index in [1.807, 2.05) is 38.1 Å². The average molecular weight is 523 g/mol. The normalized spacial score (nSPS) is 27.7. The van der Waals surface area contributed by atoms with E-state index in [0.29, 0.717) is 38.9 Å². The quantitative estimate of drug-likeness (QED) is 0.225. The van der Waals surface area contributed by atoms with Gasteiger partial charge in [0.05, 0.1) is 13.7 Å². The van der Waals surface area contributed by atoms with E-state index in [-0.39, 0.29) is 24.4 Å². The zero-order valence-corrected chi connectivity index (χ0v) is 21.2. The van der Waals surface area contributed by atoms with Gasteiger partial charge < -0.3 is 23.1 Å². The van der Waals surface area contributed by atoms with E-state index in [1.165, 1.54) is 13.2 Å². The first-order valence-corrected chi connectivity index (χ1v) is 12.9. The molecule has 0 heterocycles. The van der Waals surface area contributed by atoms with Gasteiger partial charge in [0.15, 0.2) is 0 Å².